The van der Waals surface area contributed by atoms with Crippen molar-refractivity contribution >= 4 is 5.91 Å². The zero-order valence-corrected chi connectivity index (χ0v) is 9.49. The average Bonchev–Trinajstić information content (AvgIpc) is 2.75. The fourth-order valence-electron chi connectivity index (χ4n) is 2.42. The molecule has 1 aliphatic rings. The molecule has 0 spiro atoms. The number of nitrogens with one attached hydrogen (secondary N) is 2. The van der Waals surface area contributed by atoms with E-state index in [9.17, 15) is 4.79 Å². The normalized spacial score (nSPS) is 25.4. The van der Waals surface area contributed by atoms with Crippen LogP contribution in [0.5, 0.6) is 0 Å². The minimum absolute atomic E-state index is 0.0309. The highest BCUT2D eigenvalue weighted by Gasteiger charge is 2.27. The zero-order chi connectivity index (χ0) is 11.5. The number of H-pyrrole nitrogens is 1. The number of aromatic amines is 1. The highest BCUT2D eigenvalue weighted by Crippen LogP contribution is 2.34. The van der Waals surface area contributed by atoms with E-state index < -0.39 is 0 Å². The minimum Gasteiger partial charge on any atom is -0.294 e. The average molecular weight is 222 g/mol. The lowest BCUT2D eigenvalue weighted by atomic mass is 9.80. The smallest absolute Gasteiger partial charge is 0.236 e. The molecule has 0 bridgehead atoms. The molecule has 1 saturated carbocycles. The maximum Gasteiger partial charge on any atom is 0.236 e. The minimum atomic E-state index is -0.0309. The summed E-state index contributed by atoms with van der Waals surface area (Å²) in [6.45, 7) is 2.00. The van der Waals surface area contributed by atoms with E-state index in [1.165, 1.54) is 0 Å². The van der Waals surface area contributed by atoms with Crippen LogP contribution in [0, 0.1) is 12.8 Å². The third-order valence-electron chi connectivity index (χ3n) is 3.38. The first-order valence-corrected chi connectivity index (χ1v) is 5.73. The molecule has 1 aliphatic carbocycles. The van der Waals surface area contributed by atoms with Crippen molar-refractivity contribution in [1.29, 1.82) is 0 Å². The molecule has 2 rings (SSSR count). The van der Waals surface area contributed by atoms with Gasteiger partial charge in [0, 0.05) is 17.5 Å². The molecule has 0 radical (unpaired) electrons. The van der Waals surface area contributed by atoms with Crippen molar-refractivity contribution in [3.05, 3.63) is 17.5 Å². The Labute approximate surface area is 94.8 Å². The lowest BCUT2D eigenvalue weighted by Crippen LogP contribution is -2.37. The number of hydrazine groups is 1. The van der Waals surface area contributed by atoms with Gasteiger partial charge in [0.15, 0.2) is 0 Å². The lowest BCUT2D eigenvalue weighted by Gasteiger charge is -2.25. The van der Waals surface area contributed by atoms with Gasteiger partial charge >= 0.3 is 0 Å². The van der Waals surface area contributed by atoms with Crippen LogP contribution in [-0.2, 0) is 4.79 Å². The Bertz CT molecular complexity index is 366. The number of hydrogen-bond acceptors (Lipinski definition) is 3. The monoisotopic (exact) mass is 222 g/mol. The van der Waals surface area contributed by atoms with E-state index in [4.69, 9.17) is 5.84 Å². The van der Waals surface area contributed by atoms with E-state index in [0.717, 1.165) is 37.1 Å². The molecule has 4 N–H and O–H groups in total. The summed E-state index contributed by atoms with van der Waals surface area (Å²) >= 11 is 0. The van der Waals surface area contributed by atoms with Gasteiger partial charge in [-0.3, -0.25) is 15.3 Å². The summed E-state index contributed by atoms with van der Waals surface area (Å²) in [6, 6.07) is 2.09. The van der Waals surface area contributed by atoms with Gasteiger partial charge < -0.3 is 0 Å². The quantitative estimate of drug-likeness (QED) is 0.396. The SMILES string of the molecule is Cc1cc(C2CCC(C(=O)NN)CC2)n[nH]1. The molecule has 1 amide bonds. The first-order valence-electron chi connectivity index (χ1n) is 5.73. The van der Waals surface area contributed by atoms with Gasteiger partial charge in [-0.1, -0.05) is 0 Å². The fourth-order valence-corrected chi connectivity index (χ4v) is 2.42. The number of carbonyl (C=O) groups is 1. The summed E-state index contributed by atoms with van der Waals surface area (Å²) in [7, 11) is 0. The molecule has 0 aromatic carbocycles. The first kappa shape index (κ1) is 11.1. The van der Waals surface area contributed by atoms with Crippen molar-refractivity contribution in [2.75, 3.05) is 0 Å². The van der Waals surface area contributed by atoms with Crippen LogP contribution < -0.4 is 11.3 Å². The van der Waals surface area contributed by atoms with Crippen LogP contribution in [0.2, 0.25) is 0 Å². The predicted molar refractivity (Wildman–Crippen MR) is 60.4 cm³/mol. The number of aromatic nitrogens is 2. The Balaban J connectivity index is 1.92. The van der Waals surface area contributed by atoms with Crippen molar-refractivity contribution < 1.29 is 4.79 Å². The van der Waals surface area contributed by atoms with Crippen molar-refractivity contribution in [3.63, 3.8) is 0 Å². The van der Waals surface area contributed by atoms with Crippen molar-refractivity contribution in [2.24, 2.45) is 11.8 Å². The van der Waals surface area contributed by atoms with Crippen LogP contribution in [0.25, 0.3) is 0 Å². The summed E-state index contributed by atoms with van der Waals surface area (Å²) < 4.78 is 0. The molecule has 88 valence electrons. The van der Waals surface area contributed by atoms with Gasteiger partial charge in [0.1, 0.15) is 0 Å². The Morgan fingerprint density at radius 1 is 1.50 bits per heavy atom. The fraction of sp³-hybridized carbons (Fsp3) is 0.636. The number of rotatable bonds is 2. The molecular weight excluding hydrogens is 204 g/mol. The maximum atomic E-state index is 11.4. The summed E-state index contributed by atoms with van der Waals surface area (Å²) in [6.07, 6.45) is 3.84. The topological polar surface area (TPSA) is 83.8 Å². The molecule has 0 unspecified atom stereocenters. The number of aryl methyl sites for hydroxylation is 1. The zero-order valence-electron chi connectivity index (χ0n) is 9.49. The van der Waals surface area contributed by atoms with E-state index in [1.54, 1.807) is 0 Å². The van der Waals surface area contributed by atoms with Gasteiger partial charge in [0.05, 0.1) is 5.69 Å². The predicted octanol–water partition coefficient (Wildman–Crippen LogP) is 0.982. The van der Waals surface area contributed by atoms with Crippen LogP contribution >= 0.6 is 0 Å². The van der Waals surface area contributed by atoms with Gasteiger partial charge in [0.2, 0.25) is 5.91 Å². The van der Waals surface area contributed by atoms with Gasteiger partial charge in [-0.2, -0.15) is 5.10 Å². The van der Waals surface area contributed by atoms with E-state index in [0.29, 0.717) is 5.92 Å². The molecule has 1 fully saturated rings. The number of hydrogen-bond donors (Lipinski definition) is 3. The molecule has 0 aliphatic heterocycles. The Kier molecular flexibility index (Phi) is 3.24. The summed E-state index contributed by atoms with van der Waals surface area (Å²) in [5.74, 6) is 5.68. The molecule has 0 saturated heterocycles. The molecule has 1 aromatic heterocycles. The van der Waals surface area contributed by atoms with Crippen LogP contribution in [0.1, 0.15) is 43.0 Å². The van der Waals surface area contributed by atoms with Crippen LogP contribution in [0.15, 0.2) is 6.07 Å². The summed E-state index contributed by atoms with van der Waals surface area (Å²) in [5, 5.41) is 7.24. The number of amides is 1. The number of nitrogens with zero attached hydrogens (tertiary/aromatic N) is 1. The second-order valence-electron chi connectivity index (χ2n) is 4.53. The molecule has 16 heavy (non-hydrogen) atoms. The van der Waals surface area contributed by atoms with E-state index in [2.05, 4.69) is 21.7 Å². The Morgan fingerprint density at radius 3 is 2.69 bits per heavy atom. The molecular formula is C11H18N4O. The molecule has 1 heterocycles. The van der Waals surface area contributed by atoms with E-state index in [-0.39, 0.29) is 11.8 Å². The van der Waals surface area contributed by atoms with Crippen molar-refractivity contribution in [2.45, 2.75) is 38.5 Å². The Morgan fingerprint density at radius 2 is 2.19 bits per heavy atom. The summed E-state index contributed by atoms with van der Waals surface area (Å²) in [4.78, 5) is 11.4. The Hall–Kier alpha value is -1.36. The van der Waals surface area contributed by atoms with Crippen LogP contribution in [0.4, 0.5) is 0 Å². The summed E-state index contributed by atoms with van der Waals surface area (Å²) in [5.41, 5.74) is 4.46. The van der Waals surface area contributed by atoms with E-state index >= 15 is 0 Å². The molecule has 5 nitrogen and oxygen atoms in total. The maximum absolute atomic E-state index is 11.4. The number of carbonyl (C=O) groups excluding carboxylic acids is 1. The number of nitrogens with two attached hydrogens (primary N) is 1. The second-order valence-corrected chi connectivity index (χ2v) is 4.53. The van der Waals surface area contributed by atoms with Gasteiger partial charge in [-0.15, -0.1) is 0 Å². The highest BCUT2D eigenvalue weighted by atomic mass is 16.2. The molecule has 0 atom stereocenters. The van der Waals surface area contributed by atoms with Crippen molar-refractivity contribution in [3.8, 4) is 0 Å². The van der Waals surface area contributed by atoms with Gasteiger partial charge in [0.25, 0.3) is 0 Å². The second kappa shape index (κ2) is 4.65. The molecule has 1 aromatic rings. The largest absolute Gasteiger partial charge is 0.294 e. The first-order chi connectivity index (χ1) is 7.70. The lowest BCUT2D eigenvalue weighted by molar-refractivity contribution is -0.126. The highest BCUT2D eigenvalue weighted by molar-refractivity contribution is 5.78. The van der Waals surface area contributed by atoms with Gasteiger partial charge in [-0.05, 0) is 38.7 Å². The van der Waals surface area contributed by atoms with E-state index in [1.807, 2.05) is 6.92 Å². The third-order valence-corrected chi connectivity index (χ3v) is 3.38. The van der Waals surface area contributed by atoms with Gasteiger partial charge in [-0.25, -0.2) is 5.84 Å². The standard InChI is InChI=1S/C11H18N4O/c1-7-6-10(15-14-7)8-2-4-9(5-3-8)11(16)13-12/h6,8-9H,2-5,12H2,1H3,(H,13,16)(H,14,15). The van der Waals surface area contributed by atoms with Crippen LogP contribution in [0.3, 0.4) is 0 Å². The third kappa shape index (κ3) is 2.24. The molecule has 5 heteroatoms. The van der Waals surface area contributed by atoms with Crippen molar-refractivity contribution in [1.82, 2.24) is 15.6 Å². The van der Waals surface area contributed by atoms with Crippen LogP contribution in [-0.4, -0.2) is 16.1 Å².